The number of nitrogens with one attached hydrogen (secondary N) is 3. The maximum Gasteiger partial charge on any atom is 0.315 e. The fraction of sp³-hybridized carbons (Fsp3) is 0.714. The third kappa shape index (κ3) is 7.78. The van der Waals surface area contributed by atoms with Gasteiger partial charge in [-0.05, 0) is 60.0 Å². The third-order valence-electron chi connectivity index (χ3n) is 11.1. The Balaban J connectivity index is 1.31. The number of piperidine rings is 1. The van der Waals surface area contributed by atoms with Gasteiger partial charge in [-0.15, -0.1) is 11.8 Å². The van der Waals surface area contributed by atoms with E-state index in [0.29, 0.717) is 18.7 Å². The number of primary amides is 1. The topological polar surface area (TPSA) is 164 Å². The number of Topliss-reactive ketones (excluding diaryl/α,β-unsaturated/α-hetero) is 1. The molecule has 0 spiro atoms. The zero-order valence-electron chi connectivity index (χ0n) is 28.5. The van der Waals surface area contributed by atoms with Crippen molar-refractivity contribution in [2.24, 2.45) is 34.3 Å². The number of hydrogen-bond donors (Lipinski definition) is 4. The largest absolute Gasteiger partial charge is 0.363 e. The van der Waals surface area contributed by atoms with Gasteiger partial charge in [-0.3, -0.25) is 19.2 Å². The van der Waals surface area contributed by atoms with Crippen molar-refractivity contribution in [1.82, 2.24) is 25.8 Å². The van der Waals surface area contributed by atoms with Gasteiger partial charge in [-0.1, -0.05) is 79.2 Å². The Hall–Kier alpha value is -3.15. The Morgan fingerprint density at radius 2 is 1.74 bits per heavy atom. The van der Waals surface area contributed by atoms with Gasteiger partial charge in [0.1, 0.15) is 12.1 Å². The highest BCUT2D eigenvalue weighted by atomic mass is 32.2. The number of nitrogens with two attached hydrogens (primary N) is 1. The van der Waals surface area contributed by atoms with Gasteiger partial charge in [0.05, 0.1) is 16.6 Å². The van der Waals surface area contributed by atoms with Crippen LogP contribution in [0, 0.1) is 28.6 Å². The van der Waals surface area contributed by atoms with Crippen LogP contribution in [0.15, 0.2) is 29.4 Å². The quantitative estimate of drug-likeness (QED) is 0.194. The number of rotatable bonds is 12. The number of aromatic nitrogens is 1. The van der Waals surface area contributed by atoms with Gasteiger partial charge in [0.15, 0.2) is 0 Å². The SMILES string of the molecule is CC1(C)C2CN(C(=O)[C@@H](NC(=O)NC3(CSc4ccccn4)CCCCC3)C(C)(C)C)[C@H](C(=O)NC(CC3CCC3)C(=O)C(N)=O)C21. The lowest BCUT2D eigenvalue weighted by atomic mass is 9.80. The standard InChI is InChI=1S/C35H52N6O5S/c1-33(2,3)28(39-32(46)40-35(15-8-6-9-16-35)20-47-24-14-7-10-17-37-24)31(45)41-19-22-25(34(22,4)5)26(41)30(44)38-23(27(42)29(36)43)18-21-12-11-13-21/h7,10,14,17,21-23,25-26,28H,6,8-9,11-13,15-16,18-20H2,1-5H3,(H2,36,43)(H,38,44)(H2,39,40,46)/t22?,23?,25?,26-,28+/m0/s1. The number of likely N-dealkylation sites (tertiary alicyclic amines) is 1. The number of urea groups is 1. The van der Waals surface area contributed by atoms with E-state index in [2.05, 4.69) is 34.8 Å². The number of hydrogen-bond acceptors (Lipinski definition) is 7. The summed E-state index contributed by atoms with van der Waals surface area (Å²) >= 11 is 1.62. The van der Waals surface area contributed by atoms with E-state index in [9.17, 15) is 24.0 Å². The molecule has 47 heavy (non-hydrogen) atoms. The second kappa shape index (κ2) is 13.8. The highest BCUT2D eigenvalue weighted by Gasteiger charge is 2.70. The number of ketones is 1. The normalized spacial score (nSPS) is 25.8. The van der Waals surface area contributed by atoms with Gasteiger partial charge >= 0.3 is 6.03 Å². The minimum absolute atomic E-state index is 0.0944. The monoisotopic (exact) mass is 668 g/mol. The van der Waals surface area contributed by atoms with Crippen LogP contribution in [-0.4, -0.2) is 75.4 Å². The molecule has 1 aliphatic heterocycles. The first-order chi connectivity index (χ1) is 22.1. The molecule has 5 N–H and O–H groups in total. The zero-order chi connectivity index (χ0) is 34.1. The molecule has 5 rings (SSSR count). The lowest BCUT2D eigenvalue weighted by Crippen LogP contribution is -2.63. The maximum absolute atomic E-state index is 14.4. The van der Waals surface area contributed by atoms with E-state index in [1.165, 1.54) is 0 Å². The Morgan fingerprint density at radius 3 is 2.32 bits per heavy atom. The molecule has 2 heterocycles. The second-order valence-corrected chi connectivity index (χ2v) is 16.9. The van der Waals surface area contributed by atoms with Crippen molar-refractivity contribution in [3.63, 3.8) is 0 Å². The first-order valence-corrected chi connectivity index (χ1v) is 18.2. The molecule has 11 nitrogen and oxygen atoms in total. The summed E-state index contributed by atoms with van der Waals surface area (Å²) in [5.41, 5.74) is 4.11. The summed E-state index contributed by atoms with van der Waals surface area (Å²) in [5.74, 6) is -1.71. The molecule has 3 unspecified atom stereocenters. The molecule has 1 aromatic heterocycles. The van der Waals surface area contributed by atoms with E-state index in [1.807, 2.05) is 39.0 Å². The van der Waals surface area contributed by atoms with E-state index in [0.717, 1.165) is 56.4 Å². The van der Waals surface area contributed by atoms with Crippen LogP contribution in [0.2, 0.25) is 0 Å². The average molecular weight is 669 g/mol. The van der Waals surface area contributed by atoms with E-state index >= 15 is 0 Å². The molecule has 3 aliphatic carbocycles. The maximum atomic E-state index is 14.4. The fourth-order valence-corrected chi connectivity index (χ4v) is 9.03. The van der Waals surface area contributed by atoms with Crippen molar-refractivity contribution in [1.29, 1.82) is 0 Å². The second-order valence-electron chi connectivity index (χ2n) is 15.9. The summed E-state index contributed by atoms with van der Waals surface area (Å²) in [6.45, 7) is 10.3. The van der Waals surface area contributed by atoms with Gasteiger partial charge in [0.25, 0.3) is 5.91 Å². The van der Waals surface area contributed by atoms with Crippen LogP contribution in [0.4, 0.5) is 4.79 Å². The number of pyridine rings is 1. The molecule has 0 bridgehead atoms. The lowest BCUT2D eigenvalue weighted by molar-refractivity contribution is -0.145. The molecule has 4 fully saturated rings. The highest BCUT2D eigenvalue weighted by Crippen LogP contribution is 2.65. The molecule has 258 valence electrons. The Labute approximate surface area is 282 Å². The van der Waals surface area contributed by atoms with Crippen LogP contribution in [0.25, 0.3) is 0 Å². The van der Waals surface area contributed by atoms with Crippen molar-refractivity contribution in [2.75, 3.05) is 12.3 Å². The summed E-state index contributed by atoms with van der Waals surface area (Å²) in [6.07, 6.45) is 9.86. The average Bonchev–Trinajstić information content (AvgIpc) is 3.31. The third-order valence-corrected chi connectivity index (χ3v) is 12.4. The minimum atomic E-state index is -1.07. The number of fused-ring (bicyclic) bond motifs is 1. The first kappa shape index (κ1) is 35.2. The van der Waals surface area contributed by atoms with E-state index in [-0.39, 0.29) is 29.1 Å². The van der Waals surface area contributed by atoms with Gasteiger partial charge in [-0.25, -0.2) is 9.78 Å². The van der Waals surface area contributed by atoms with Gasteiger partial charge in [-0.2, -0.15) is 0 Å². The minimum Gasteiger partial charge on any atom is -0.363 e. The van der Waals surface area contributed by atoms with Crippen molar-refractivity contribution in [3.8, 4) is 0 Å². The molecule has 0 aromatic carbocycles. The van der Waals surface area contributed by atoms with Crippen LogP contribution in [0.3, 0.4) is 0 Å². The summed E-state index contributed by atoms with van der Waals surface area (Å²) < 4.78 is 0. The van der Waals surface area contributed by atoms with Crippen LogP contribution in [0.1, 0.15) is 92.4 Å². The molecular formula is C35H52N6O5S. The molecule has 0 radical (unpaired) electrons. The number of amides is 5. The predicted molar refractivity (Wildman–Crippen MR) is 180 cm³/mol. The van der Waals surface area contributed by atoms with Gasteiger partial charge in [0.2, 0.25) is 17.6 Å². The van der Waals surface area contributed by atoms with Gasteiger partial charge < -0.3 is 26.6 Å². The number of carbonyl (C=O) groups is 5. The molecule has 4 aliphatic rings. The number of carbonyl (C=O) groups excluding carboxylic acids is 5. The Bertz CT molecular complexity index is 1350. The van der Waals surface area contributed by atoms with E-state index in [1.54, 1.807) is 22.9 Å². The molecule has 3 saturated carbocycles. The summed E-state index contributed by atoms with van der Waals surface area (Å²) in [6, 6.07) is 2.65. The smallest absolute Gasteiger partial charge is 0.315 e. The Morgan fingerprint density at radius 1 is 1.04 bits per heavy atom. The summed E-state index contributed by atoms with van der Waals surface area (Å²) in [5, 5.41) is 10.0. The fourth-order valence-electron chi connectivity index (χ4n) is 7.94. The predicted octanol–water partition coefficient (Wildman–Crippen LogP) is 3.80. The molecule has 1 saturated heterocycles. The van der Waals surface area contributed by atoms with E-state index < -0.39 is 52.7 Å². The van der Waals surface area contributed by atoms with Crippen molar-refractivity contribution in [2.45, 2.75) is 121 Å². The van der Waals surface area contributed by atoms with Crippen LogP contribution in [0.5, 0.6) is 0 Å². The number of thioether (sulfide) groups is 1. The van der Waals surface area contributed by atoms with Gasteiger partial charge in [0, 0.05) is 18.5 Å². The first-order valence-electron chi connectivity index (χ1n) is 17.2. The van der Waals surface area contributed by atoms with Crippen LogP contribution in [-0.2, 0) is 19.2 Å². The molecule has 5 amide bonds. The Kier molecular flexibility index (Phi) is 10.3. The van der Waals surface area contributed by atoms with Crippen molar-refractivity contribution in [3.05, 3.63) is 24.4 Å². The zero-order valence-corrected chi connectivity index (χ0v) is 29.3. The highest BCUT2D eigenvalue weighted by molar-refractivity contribution is 7.99. The molecule has 1 aromatic rings. The van der Waals surface area contributed by atoms with Crippen LogP contribution >= 0.6 is 11.8 Å². The molecule has 5 atom stereocenters. The number of nitrogens with zero attached hydrogens (tertiary/aromatic N) is 2. The molecular weight excluding hydrogens is 616 g/mol. The summed E-state index contributed by atoms with van der Waals surface area (Å²) in [4.78, 5) is 72.8. The summed E-state index contributed by atoms with van der Waals surface area (Å²) in [7, 11) is 0. The molecule has 12 heteroatoms. The van der Waals surface area contributed by atoms with Crippen molar-refractivity contribution >= 4 is 41.3 Å². The van der Waals surface area contributed by atoms with Crippen LogP contribution < -0.4 is 21.7 Å². The lowest BCUT2D eigenvalue weighted by Gasteiger charge is -2.40. The van der Waals surface area contributed by atoms with E-state index in [4.69, 9.17) is 5.73 Å². The van der Waals surface area contributed by atoms with Crippen molar-refractivity contribution < 1.29 is 24.0 Å².